The molecule has 2 N–H and O–H groups in total. The second kappa shape index (κ2) is 4.20. The molecule has 0 saturated heterocycles. The lowest BCUT2D eigenvalue weighted by Crippen LogP contribution is -1.97. The average molecular weight is 194 g/mol. The molecule has 0 aliphatic rings. The van der Waals surface area contributed by atoms with Crippen LogP contribution in [0.3, 0.4) is 0 Å². The minimum absolute atomic E-state index is 0. The highest BCUT2D eigenvalue weighted by Crippen LogP contribution is 2.16. The monoisotopic (exact) mass is 193 g/mol. The normalized spacial score (nSPS) is 8.45. The number of rotatable bonds is 1. The quantitative estimate of drug-likeness (QED) is 0.689. The molecule has 3 nitrogen and oxygen atoms in total. The summed E-state index contributed by atoms with van der Waals surface area (Å²) in [5, 5.41) is 1.70. The number of halogens is 1. The van der Waals surface area contributed by atoms with Gasteiger partial charge in [0.05, 0.1) is 7.11 Å². The van der Waals surface area contributed by atoms with E-state index in [9.17, 15) is 4.79 Å². The Labute approximate surface area is 74.6 Å². The van der Waals surface area contributed by atoms with Gasteiger partial charge >= 0.3 is 5.97 Å². The Morgan fingerprint density at radius 2 is 2.36 bits per heavy atom. The predicted molar refractivity (Wildman–Crippen MR) is 47.3 cm³/mol. The van der Waals surface area contributed by atoms with E-state index < -0.39 is 0 Å². The average Bonchev–Trinajstić information content (AvgIpc) is 2.34. The summed E-state index contributed by atoms with van der Waals surface area (Å²) in [7, 11) is 1.35. The number of esters is 1. The van der Waals surface area contributed by atoms with E-state index in [-0.39, 0.29) is 18.4 Å². The maximum Gasteiger partial charge on any atom is 0.348 e. The number of ether oxygens (including phenoxy) is 1. The zero-order valence-corrected chi connectivity index (χ0v) is 7.50. The number of nitrogens with two attached hydrogens (primary N) is 1. The van der Waals surface area contributed by atoms with Gasteiger partial charge in [0.25, 0.3) is 0 Å². The van der Waals surface area contributed by atoms with E-state index in [4.69, 9.17) is 5.73 Å². The van der Waals surface area contributed by atoms with E-state index in [2.05, 4.69) is 4.74 Å². The van der Waals surface area contributed by atoms with Crippen molar-refractivity contribution in [2.24, 2.45) is 0 Å². The Bertz CT molecular complexity index is 248. The third-order valence-electron chi connectivity index (χ3n) is 1.01. The first-order valence-corrected chi connectivity index (χ1v) is 3.54. The summed E-state index contributed by atoms with van der Waals surface area (Å²) in [6.45, 7) is 0. The third-order valence-corrected chi connectivity index (χ3v) is 1.93. The van der Waals surface area contributed by atoms with Gasteiger partial charge in [0.1, 0.15) is 4.88 Å². The number of carbonyl (C=O) groups excluding carboxylic acids is 1. The second-order valence-corrected chi connectivity index (χ2v) is 2.65. The lowest BCUT2D eigenvalue weighted by atomic mass is 10.4. The molecule has 5 heteroatoms. The summed E-state index contributed by atoms with van der Waals surface area (Å²) in [6.07, 6.45) is 0. The number of hydrogen-bond acceptors (Lipinski definition) is 4. The van der Waals surface area contributed by atoms with Gasteiger partial charge in [-0.05, 0) is 6.07 Å². The first-order chi connectivity index (χ1) is 4.74. The molecular weight excluding hydrogens is 186 g/mol. The second-order valence-electron chi connectivity index (χ2n) is 1.74. The fraction of sp³-hybridized carbons (Fsp3) is 0.167. The molecule has 0 radical (unpaired) electrons. The molecule has 0 aromatic carbocycles. The number of thiophene rings is 1. The van der Waals surface area contributed by atoms with Gasteiger partial charge in [-0.1, -0.05) is 0 Å². The van der Waals surface area contributed by atoms with Crippen molar-refractivity contribution in [2.75, 3.05) is 12.8 Å². The number of hydrogen-bond donors (Lipinski definition) is 1. The van der Waals surface area contributed by atoms with Gasteiger partial charge in [-0.3, -0.25) is 0 Å². The molecule has 0 atom stereocenters. The number of nitrogen functional groups attached to an aromatic ring is 1. The largest absolute Gasteiger partial charge is 0.465 e. The molecule has 1 aromatic rings. The van der Waals surface area contributed by atoms with Crippen LogP contribution in [0.1, 0.15) is 9.67 Å². The Hall–Kier alpha value is -0.740. The van der Waals surface area contributed by atoms with Gasteiger partial charge in [-0.25, -0.2) is 4.79 Å². The van der Waals surface area contributed by atoms with E-state index in [1.54, 1.807) is 11.4 Å². The van der Waals surface area contributed by atoms with Crippen LogP contribution in [-0.4, -0.2) is 13.1 Å². The summed E-state index contributed by atoms with van der Waals surface area (Å²) >= 11 is 1.28. The SMILES string of the molecule is COC(=O)c1cc(N)cs1.Cl. The van der Waals surface area contributed by atoms with Crippen molar-refractivity contribution in [1.29, 1.82) is 0 Å². The van der Waals surface area contributed by atoms with Crippen LogP contribution >= 0.6 is 23.7 Å². The van der Waals surface area contributed by atoms with Crippen molar-refractivity contribution in [1.82, 2.24) is 0 Å². The minimum Gasteiger partial charge on any atom is -0.465 e. The molecule has 11 heavy (non-hydrogen) atoms. The van der Waals surface area contributed by atoms with Crippen LogP contribution in [0.25, 0.3) is 0 Å². The Kier molecular flexibility index (Phi) is 3.92. The van der Waals surface area contributed by atoms with Gasteiger partial charge in [-0.15, -0.1) is 23.7 Å². The van der Waals surface area contributed by atoms with Gasteiger partial charge in [0.15, 0.2) is 0 Å². The molecule has 1 heterocycles. The van der Waals surface area contributed by atoms with Crippen molar-refractivity contribution in [3.05, 3.63) is 16.3 Å². The smallest absolute Gasteiger partial charge is 0.348 e. The predicted octanol–water partition coefficient (Wildman–Crippen LogP) is 1.54. The van der Waals surface area contributed by atoms with Crippen LogP contribution < -0.4 is 5.73 Å². The maximum atomic E-state index is 10.8. The number of carbonyl (C=O) groups is 1. The number of methoxy groups -OCH3 is 1. The molecule has 1 aromatic heterocycles. The highest BCUT2D eigenvalue weighted by atomic mass is 35.5. The fourth-order valence-electron chi connectivity index (χ4n) is 0.559. The Morgan fingerprint density at radius 3 is 2.73 bits per heavy atom. The molecule has 0 spiro atoms. The van der Waals surface area contributed by atoms with E-state index >= 15 is 0 Å². The highest BCUT2D eigenvalue weighted by Gasteiger charge is 2.06. The summed E-state index contributed by atoms with van der Waals surface area (Å²) in [5.41, 5.74) is 5.98. The third kappa shape index (κ3) is 2.40. The molecule has 0 saturated carbocycles. The van der Waals surface area contributed by atoms with E-state index in [0.717, 1.165) is 0 Å². The van der Waals surface area contributed by atoms with Crippen LogP contribution in [0.4, 0.5) is 5.69 Å². The van der Waals surface area contributed by atoms with Crippen LogP contribution in [-0.2, 0) is 4.74 Å². The van der Waals surface area contributed by atoms with Gasteiger partial charge in [0, 0.05) is 11.1 Å². The molecule has 62 valence electrons. The zero-order valence-electron chi connectivity index (χ0n) is 5.87. The first kappa shape index (κ1) is 10.3. The van der Waals surface area contributed by atoms with E-state index in [1.165, 1.54) is 18.4 Å². The van der Waals surface area contributed by atoms with Gasteiger partial charge < -0.3 is 10.5 Å². The zero-order chi connectivity index (χ0) is 7.56. The molecule has 0 fully saturated rings. The topological polar surface area (TPSA) is 52.3 Å². The highest BCUT2D eigenvalue weighted by molar-refractivity contribution is 7.12. The molecule has 0 aliphatic carbocycles. The van der Waals surface area contributed by atoms with Crippen LogP contribution in [0.15, 0.2) is 11.4 Å². The van der Waals surface area contributed by atoms with Crippen LogP contribution in [0.2, 0.25) is 0 Å². The van der Waals surface area contributed by atoms with Crippen molar-refractivity contribution in [3.63, 3.8) is 0 Å². The number of anilines is 1. The Balaban J connectivity index is 0.000001000. The summed E-state index contributed by atoms with van der Waals surface area (Å²) in [5.74, 6) is -0.332. The minimum atomic E-state index is -0.332. The Morgan fingerprint density at radius 1 is 1.73 bits per heavy atom. The van der Waals surface area contributed by atoms with Gasteiger partial charge in [0.2, 0.25) is 0 Å². The lowest BCUT2D eigenvalue weighted by molar-refractivity contribution is 0.0606. The maximum absolute atomic E-state index is 10.8. The molecule has 0 amide bonds. The van der Waals surface area contributed by atoms with Gasteiger partial charge in [-0.2, -0.15) is 0 Å². The molecule has 0 aliphatic heterocycles. The van der Waals surface area contributed by atoms with E-state index in [1.807, 2.05) is 0 Å². The van der Waals surface area contributed by atoms with Crippen LogP contribution in [0.5, 0.6) is 0 Å². The summed E-state index contributed by atoms with van der Waals surface area (Å²) in [6, 6.07) is 1.59. The fourth-order valence-corrected chi connectivity index (χ4v) is 1.27. The van der Waals surface area contributed by atoms with Crippen molar-refractivity contribution < 1.29 is 9.53 Å². The van der Waals surface area contributed by atoms with Crippen molar-refractivity contribution >= 4 is 35.4 Å². The lowest BCUT2D eigenvalue weighted by Gasteiger charge is -1.90. The molecule has 0 unspecified atom stereocenters. The van der Waals surface area contributed by atoms with E-state index in [0.29, 0.717) is 10.6 Å². The standard InChI is InChI=1S/C6H7NO2S.ClH/c1-9-6(8)5-2-4(7)3-10-5;/h2-3H,7H2,1H3;1H. The molecular formula is C6H8ClNO2S. The summed E-state index contributed by atoms with van der Waals surface area (Å²) in [4.78, 5) is 11.3. The van der Waals surface area contributed by atoms with Crippen molar-refractivity contribution in [2.45, 2.75) is 0 Å². The van der Waals surface area contributed by atoms with Crippen molar-refractivity contribution in [3.8, 4) is 0 Å². The summed E-state index contributed by atoms with van der Waals surface area (Å²) < 4.78 is 4.47. The molecule has 0 bridgehead atoms. The molecule has 1 rings (SSSR count). The first-order valence-electron chi connectivity index (χ1n) is 2.66. The van der Waals surface area contributed by atoms with Crippen LogP contribution in [0, 0.1) is 0 Å².